The molecule has 1 aromatic rings. The van der Waals surface area contributed by atoms with Gasteiger partial charge in [0.15, 0.2) is 0 Å². The molecule has 0 fully saturated rings. The quantitative estimate of drug-likeness (QED) is 0.801. The highest BCUT2D eigenvalue weighted by atomic mass is 16.5. The lowest BCUT2D eigenvalue weighted by molar-refractivity contribution is 0.408. The van der Waals surface area contributed by atoms with Crippen molar-refractivity contribution in [1.29, 1.82) is 0 Å². The van der Waals surface area contributed by atoms with E-state index in [0.717, 1.165) is 23.3 Å². The van der Waals surface area contributed by atoms with E-state index in [1.54, 1.807) is 7.11 Å². The van der Waals surface area contributed by atoms with Gasteiger partial charge in [0.1, 0.15) is 5.75 Å². The van der Waals surface area contributed by atoms with Gasteiger partial charge in [-0.05, 0) is 37.0 Å². The minimum absolute atomic E-state index is 0.137. The molecular weight excluding hydrogens is 174 g/mol. The van der Waals surface area contributed by atoms with Crippen LogP contribution in [0.15, 0.2) is 12.1 Å². The Hall–Kier alpha value is -1.02. The number of rotatable bonds is 3. The molecule has 1 rings (SSSR count). The van der Waals surface area contributed by atoms with E-state index >= 15 is 0 Å². The lowest BCUT2D eigenvalue weighted by atomic mass is 9.99. The average molecular weight is 193 g/mol. The highest BCUT2D eigenvalue weighted by Gasteiger charge is 2.09. The Kier molecular flexibility index (Phi) is 3.53. The molecule has 2 N–H and O–H groups in total. The summed E-state index contributed by atoms with van der Waals surface area (Å²) in [5.74, 6) is 0.969. The predicted molar refractivity (Wildman–Crippen MR) is 59.7 cm³/mol. The van der Waals surface area contributed by atoms with Crippen molar-refractivity contribution in [3.63, 3.8) is 0 Å². The largest absolute Gasteiger partial charge is 0.496 e. The Morgan fingerprint density at radius 3 is 2.14 bits per heavy atom. The molecule has 2 heteroatoms. The Labute approximate surface area is 86.1 Å². The molecule has 0 bridgehead atoms. The molecule has 0 radical (unpaired) electrons. The monoisotopic (exact) mass is 193 g/mol. The summed E-state index contributed by atoms with van der Waals surface area (Å²) < 4.78 is 5.30. The maximum Gasteiger partial charge on any atom is 0.124 e. The molecule has 1 atom stereocenters. The van der Waals surface area contributed by atoms with Gasteiger partial charge in [-0.15, -0.1) is 0 Å². The number of ether oxygens (including phenoxy) is 1. The van der Waals surface area contributed by atoms with Gasteiger partial charge in [0.25, 0.3) is 0 Å². The average Bonchev–Trinajstić information content (AvgIpc) is 2.16. The summed E-state index contributed by atoms with van der Waals surface area (Å²) in [5.41, 5.74) is 9.50. The third-order valence-electron chi connectivity index (χ3n) is 2.55. The van der Waals surface area contributed by atoms with Crippen molar-refractivity contribution in [3.8, 4) is 5.75 Å². The number of nitrogens with two attached hydrogens (primary N) is 1. The number of methoxy groups -OCH3 is 1. The first-order chi connectivity index (χ1) is 6.60. The van der Waals surface area contributed by atoms with E-state index in [2.05, 4.69) is 32.9 Å². The van der Waals surface area contributed by atoms with Gasteiger partial charge in [-0.25, -0.2) is 0 Å². The number of hydrogen-bond donors (Lipinski definition) is 1. The van der Waals surface area contributed by atoms with Crippen molar-refractivity contribution < 1.29 is 4.74 Å². The van der Waals surface area contributed by atoms with Crippen LogP contribution in [0, 0.1) is 13.8 Å². The van der Waals surface area contributed by atoms with Crippen molar-refractivity contribution in [1.82, 2.24) is 0 Å². The molecular formula is C12H19NO. The molecule has 0 aromatic heterocycles. The van der Waals surface area contributed by atoms with E-state index in [1.807, 2.05) is 0 Å². The van der Waals surface area contributed by atoms with Crippen LogP contribution in [0.1, 0.15) is 36.1 Å². The molecule has 2 nitrogen and oxygen atoms in total. The van der Waals surface area contributed by atoms with E-state index in [0.29, 0.717) is 0 Å². The first-order valence-electron chi connectivity index (χ1n) is 5.00. The van der Waals surface area contributed by atoms with Crippen LogP contribution >= 0.6 is 0 Å². The molecule has 0 aliphatic rings. The maximum atomic E-state index is 5.98. The fourth-order valence-electron chi connectivity index (χ4n) is 1.76. The highest BCUT2D eigenvalue weighted by molar-refractivity contribution is 5.44. The van der Waals surface area contributed by atoms with Crippen LogP contribution in [0.3, 0.4) is 0 Å². The van der Waals surface area contributed by atoms with Crippen molar-refractivity contribution in [3.05, 3.63) is 28.8 Å². The SMILES string of the molecule is CC[C@H](N)c1cc(C)c(OC)c(C)c1. The van der Waals surface area contributed by atoms with Crippen LogP contribution in [0.4, 0.5) is 0 Å². The second kappa shape index (κ2) is 4.47. The Bertz CT molecular complexity index is 297. The normalized spacial score (nSPS) is 12.6. The van der Waals surface area contributed by atoms with Crippen LogP contribution in [0.25, 0.3) is 0 Å². The van der Waals surface area contributed by atoms with E-state index < -0.39 is 0 Å². The summed E-state index contributed by atoms with van der Waals surface area (Å²) in [7, 11) is 1.70. The second-order valence-corrected chi connectivity index (χ2v) is 3.70. The predicted octanol–water partition coefficient (Wildman–Crippen LogP) is 2.72. The van der Waals surface area contributed by atoms with Crippen molar-refractivity contribution >= 4 is 0 Å². The van der Waals surface area contributed by atoms with E-state index in [1.165, 1.54) is 5.56 Å². The minimum atomic E-state index is 0.137. The van der Waals surface area contributed by atoms with Crippen molar-refractivity contribution in [2.24, 2.45) is 5.73 Å². The van der Waals surface area contributed by atoms with Gasteiger partial charge < -0.3 is 10.5 Å². The Morgan fingerprint density at radius 2 is 1.79 bits per heavy atom. The van der Waals surface area contributed by atoms with Crippen molar-refractivity contribution in [2.45, 2.75) is 33.2 Å². The third kappa shape index (κ3) is 2.07. The summed E-state index contributed by atoms with van der Waals surface area (Å²) in [6, 6.07) is 4.36. The molecule has 0 spiro atoms. The molecule has 0 unspecified atom stereocenters. The van der Waals surface area contributed by atoms with Crippen LogP contribution in [-0.2, 0) is 0 Å². The zero-order valence-electron chi connectivity index (χ0n) is 9.42. The van der Waals surface area contributed by atoms with Crippen molar-refractivity contribution in [2.75, 3.05) is 7.11 Å². The minimum Gasteiger partial charge on any atom is -0.496 e. The molecule has 0 aliphatic carbocycles. The standard InChI is InChI=1S/C12H19NO/c1-5-11(13)10-6-8(2)12(14-4)9(3)7-10/h6-7,11H,5,13H2,1-4H3/t11-/m0/s1. The van der Waals surface area contributed by atoms with Crippen LogP contribution in [0.5, 0.6) is 5.75 Å². The molecule has 0 saturated heterocycles. The van der Waals surface area contributed by atoms with E-state index in [9.17, 15) is 0 Å². The van der Waals surface area contributed by atoms with Gasteiger partial charge in [0, 0.05) is 6.04 Å². The van der Waals surface area contributed by atoms with Gasteiger partial charge in [-0.2, -0.15) is 0 Å². The Balaban J connectivity index is 3.13. The van der Waals surface area contributed by atoms with Gasteiger partial charge in [-0.3, -0.25) is 0 Å². The van der Waals surface area contributed by atoms with Gasteiger partial charge in [0.05, 0.1) is 7.11 Å². The lowest BCUT2D eigenvalue weighted by Gasteiger charge is -2.14. The molecule has 0 saturated carbocycles. The van der Waals surface area contributed by atoms with Gasteiger partial charge in [-0.1, -0.05) is 19.1 Å². The summed E-state index contributed by atoms with van der Waals surface area (Å²) >= 11 is 0. The first-order valence-corrected chi connectivity index (χ1v) is 5.00. The third-order valence-corrected chi connectivity index (χ3v) is 2.55. The highest BCUT2D eigenvalue weighted by Crippen LogP contribution is 2.27. The summed E-state index contributed by atoms with van der Waals surface area (Å²) in [6.07, 6.45) is 0.964. The number of hydrogen-bond acceptors (Lipinski definition) is 2. The smallest absolute Gasteiger partial charge is 0.124 e. The maximum absolute atomic E-state index is 5.98. The number of benzene rings is 1. The van der Waals surface area contributed by atoms with Gasteiger partial charge >= 0.3 is 0 Å². The molecule has 14 heavy (non-hydrogen) atoms. The summed E-state index contributed by atoms with van der Waals surface area (Å²) in [4.78, 5) is 0. The molecule has 78 valence electrons. The van der Waals surface area contributed by atoms with Crippen LogP contribution in [-0.4, -0.2) is 7.11 Å². The fraction of sp³-hybridized carbons (Fsp3) is 0.500. The van der Waals surface area contributed by atoms with E-state index in [-0.39, 0.29) is 6.04 Å². The molecule has 0 aliphatic heterocycles. The summed E-state index contributed by atoms with van der Waals surface area (Å²) in [5, 5.41) is 0. The lowest BCUT2D eigenvalue weighted by Crippen LogP contribution is -2.09. The number of aryl methyl sites for hydroxylation is 2. The van der Waals surface area contributed by atoms with Crippen LogP contribution < -0.4 is 10.5 Å². The fourth-order valence-corrected chi connectivity index (χ4v) is 1.76. The zero-order chi connectivity index (χ0) is 10.7. The van der Waals surface area contributed by atoms with Crippen LogP contribution in [0.2, 0.25) is 0 Å². The zero-order valence-corrected chi connectivity index (χ0v) is 9.42. The second-order valence-electron chi connectivity index (χ2n) is 3.70. The van der Waals surface area contributed by atoms with Gasteiger partial charge in [0.2, 0.25) is 0 Å². The molecule has 0 amide bonds. The molecule has 0 heterocycles. The summed E-state index contributed by atoms with van der Waals surface area (Å²) in [6.45, 7) is 6.20. The Morgan fingerprint density at radius 1 is 1.29 bits per heavy atom. The first kappa shape index (κ1) is 11.1. The molecule has 1 aromatic carbocycles. The topological polar surface area (TPSA) is 35.2 Å². The van der Waals surface area contributed by atoms with E-state index in [4.69, 9.17) is 10.5 Å².